The highest BCUT2D eigenvalue weighted by Gasteiger charge is 2.40. The molecule has 1 aromatic rings. The first-order valence-corrected chi connectivity index (χ1v) is 7.94. The SMILES string of the molecule is CC(CCCN)c1nc(C2CC3CCC(C2)N3C)no1. The zero-order chi connectivity index (χ0) is 14.1. The van der Waals surface area contributed by atoms with Gasteiger partial charge in [-0.2, -0.15) is 4.98 Å². The fourth-order valence-corrected chi connectivity index (χ4v) is 3.78. The summed E-state index contributed by atoms with van der Waals surface area (Å²) < 4.78 is 5.48. The van der Waals surface area contributed by atoms with E-state index in [1.807, 2.05) is 0 Å². The molecule has 0 aromatic carbocycles. The van der Waals surface area contributed by atoms with E-state index >= 15 is 0 Å². The Labute approximate surface area is 120 Å². The van der Waals surface area contributed by atoms with E-state index in [0.717, 1.165) is 43.2 Å². The van der Waals surface area contributed by atoms with E-state index in [1.54, 1.807) is 0 Å². The van der Waals surface area contributed by atoms with Gasteiger partial charge < -0.3 is 15.2 Å². The summed E-state index contributed by atoms with van der Waals surface area (Å²) in [6.45, 7) is 2.87. The van der Waals surface area contributed by atoms with Gasteiger partial charge in [0.1, 0.15) is 0 Å². The fraction of sp³-hybridized carbons (Fsp3) is 0.867. The second-order valence-corrected chi connectivity index (χ2v) is 6.54. The monoisotopic (exact) mass is 278 g/mol. The van der Waals surface area contributed by atoms with Crippen LogP contribution in [0.5, 0.6) is 0 Å². The van der Waals surface area contributed by atoms with Crippen LogP contribution in [0.2, 0.25) is 0 Å². The van der Waals surface area contributed by atoms with Crippen molar-refractivity contribution >= 4 is 0 Å². The van der Waals surface area contributed by atoms with Gasteiger partial charge in [-0.1, -0.05) is 12.1 Å². The Kier molecular flexibility index (Phi) is 4.08. The molecule has 5 nitrogen and oxygen atoms in total. The lowest BCUT2D eigenvalue weighted by Crippen LogP contribution is -2.39. The standard InChI is InChI=1S/C15H26N4O/c1-10(4-3-7-16)15-17-14(18-20-15)11-8-12-5-6-13(9-11)19(12)2/h10-13H,3-9,16H2,1-2H3. The third-order valence-electron chi connectivity index (χ3n) is 5.18. The quantitative estimate of drug-likeness (QED) is 0.894. The molecule has 0 radical (unpaired) electrons. The van der Waals surface area contributed by atoms with Crippen LogP contribution >= 0.6 is 0 Å². The number of fused-ring (bicyclic) bond motifs is 2. The first kappa shape index (κ1) is 14.0. The Morgan fingerprint density at radius 2 is 2.05 bits per heavy atom. The summed E-state index contributed by atoms with van der Waals surface area (Å²) in [6.07, 6.45) is 7.06. The van der Waals surface area contributed by atoms with Crippen molar-refractivity contribution in [2.75, 3.05) is 13.6 Å². The molecule has 3 heterocycles. The Morgan fingerprint density at radius 1 is 1.35 bits per heavy atom. The van der Waals surface area contributed by atoms with Crippen LogP contribution in [-0.2, 0) is 0 Å². The van der Waals surface area contributed by atoms with Crippen LogP contribution in [0.1, 0.15) is 69.0 Å². The maximum Gasteiger partial charge on any atom is 0.229 e. The summed E-state index contributed by atoms with van der Waals surface area (Å²) in [7, 11) is 2.26. The molecule has 3 unspecified atom stereocenters. The van der Waals surface area contributed by atoms with Crippen LogP contribution in [0.15, 0.2) is 4.52 Å². The van der Waals surface area contributed by atoms with Crippen molar-refractivity contribution < 1.29 is 4.52 Å². The van der Waals surface area contributed by atoms with Gasteiger partial charge in [0, 0.05) is 23.9 Å². The molecule has 3 rings (SSSR count). The van der Waals surface area contributed by atoms with E-state index in [-0.39, 0.29) is 0 Å². The zero-order valence-corrected chi connectivity index (χ0v) is 12.6. The van der Waals surface area contributed by atoms with Crippen LogP contribution in [0.4, 0.5) is 0 Å². The molecular weight excluding hydrogens is 252 g/mol. The summed E-state index contributed by atoms with van der Waals surface area (Å²) >= 11 is 0. The van der Waals surface area contributed by atoms with E-state index in [9.17, 15) is 0 Å². The average molecular weight is 278 g/mol. The predicted octanol–water partition coefficient (Wildman–Crippen LogP) is 2.25. The van der Waals surface area contributed by atoms with Crippen LogP contribution in [0.25, 0.3) is 0 Å². The van der Waals surface area contributed by atoms with Crippen molar-refractivity contribution in [3.05, 3.63) is 11.7 Å². The Bertz CT molecular complexity index is 433. The largest absolute Gasteiger partial charge is 0.339 e. The molecule has 2 N–H and O–H groups in total. The third-order valence-corrected chi connectivity index (χ3v) is 5.18. The molecule has 0 spiro atoms. The summed E-state index contributed by atoms with van der Waals surface area (Å²) in [6, 6.07) is 1.44. The highest BCUT2D eigenvalue weighted by molar-refractivity contribution is 5.06. The van der Waals surface area contributed by atoms with Crippen molar-refractivity contribution in [2.45, 2.75) is 69.4 Å². The van der Waals surface area contributed by atoms with Gasteiger partial charge in [-0.15, -0.1) is 0 Å². The Morgan fingerprint density at radius 3 is 2.70 bits per heavy atom. The van der Waals surface area contributed by atoms with Crippen LogP contribution in [0.3, 0.4) is 0 Å². The number of rotatable bonds is 5. The van der Waals surface area contributed by atoms with Crippen molar-refractivity contribution in [2.24, 2.45) is 5.73 Å². The maximum atomic E-state index is 5.56. The van der Waals surface area contributed by atoms with Crippen molar-refractivity contribution in [3.8, 4) is 0 Å². The molecule has 112 valence electrons. The third kappa shape index (κ3) is 2.61. The molecule has 2 bridgehead atoms. The molecule has 2 aliphatic rings. The number of hydrogen-bond acceptors (Lipinski definition) is 5. The van der Waals surface area contributed by atoms with Gasteiger partial charge >= 0.3 is 0 Å². The summed E-state index contributed by atoms with van der Waals surface area (Å²) in [5, 5.41) is 4.25. The zero-order valence-electron chi connectivity index (χ0n) is 12.6. The first-order valence-electron chi connectivity index (χ1n) is 7.94. The van der Waals surface area contributed by atoms with Crippen molar-refractivity contribution in [1.82, 2.24) is 15.0 Å². The molecule has 5 heteroatoms. The highest BCUT2D eigenvalue weighted by Crippen LogP contribution is 2.41. The van der Waals surface area contributed by atoms with Crippen molar-refractivity contribution in [1.29, 1.82) is 0 Å². The highest BCUT2D eigenvalue weighted by atomic mass is 16.5. The molecule has 1 aromatic heterocycles. The van der Waals surface area contributed by atoms with E-state index in [2.05, 4.69) is 29.0 Å². The number of piperidine rings is 1. The average Bonchev–Trinajstić information content (AvgIpc) is 2.99. The molecule has 0 saturated carbocycles. The summed E-state index contributed by atoms with van der Waals surface area (Å²) in [5.74, 6) is 2.54. The summed E-state index contributed by atoms with van der Waals surface area (Å²) in [4.78, 5) is 7.21. The van der Waals surface area contributed by atoms with Gasteiger partial charge in [-0.25, -0.2) is 0 Å². The lowest BCUT2D eigenvalue weighted by Gasteiger charge is -2.34. The Hall–Kier alpha value is -0.940. The predicted molar refractivity (Wildman–Crippen MR) is 77.5 cm³/mol. The van der Waals surface area contributed by atoms with Crippen LogP contribution in [0, 0.1) is 0 Å². The smallest absolute Gasteiger partial charge is 0.229 e. The number of hydrogen-bond donors (Lipinski definition) is 1. The van der Waals surface area contributed by atoms with Crippen LogP contribution < -0.4 is 5.73 Å². The molecule has 0 aliphatic carbocycles. The van der Waals surface area contributed by atoms with Crippen molar-refractivity contribution in [3.63, 3.8) is 0 Å². The minimum Gasteiger partial charge on any atom is -0.339 e. The normalized spacial score (nSPS) is 31.6. The minimum atomic E-state index is 0.322. The molecule has 2 aliphatic heterocycles. The van der Waals surface area contributed by atoms with E-state index < -0.39 is 0 Å². The molecule has 2 fully saturated rings. The molecule has 3 atom stereocenters. The lowest BCUT2D eigenvalue weighted by molar-refractivity contribution is 0.157. The van der Waals surface area contributed by atoms with Gasteiger partial charge in [0.05, 0.1) is 0 Å². The minimum absolute atomic E-state index is 0.322. The van der Waals surface area contributed by atoms with Gasteiger partial charge in [0.15, 0.2) is 5.82 Å². The number of aromatic nitrogens is 2. The van der Waals surface area contributed by atoms with Gasteiger partial charge in [0.25, 0.3) is 0 Å². The second kappa shape index (κ2) is 5.82. The number of nitrogens with zero attached hydrogens (tertiary/aromatic N) is 3. The fourth-order valence-electron chi connectivity index (χ4n) is 3.78. The van der Waals surface area contributed by atoms with Gasteiger partial charge in [-0.05, 0) is 52.1 Å². The van der Waals surface area contributed by atoms with E-state index in [1.165, 1.54) is 25.7 Å². The van der Waals surface area contributed by atoms with E-state index in [4.69, 9.17) is 10.3 Å². The molecule has 2 saturated heterocycles. The lowest BCUT2D eigenvalue weighted by atomic mass is 9.90. The second-order valence-electron chi connectivity index (χ2n) is 6.54. The van der Waals surface area contributed by atoms with E-state index in [0.29, 0.717) is 11.8 Å². The van der Waals surface area contributed by atoms with Gasteiger partial charge in [-0.3, -0.25) is 0 Å². The maximum absolute atomic E-state index is 5.56. The van der Waals surface area contributed by atoms with Crippen LogP contribution in [-0.4, -0.2) is 40.7 Å². The van der Waals surface area contributed by atoms with Gasteiger partial charge in [0.2, 0.25) is 5.89 Å². The molecular formula is C15H26N4O. The topological polar surface area (TPSA) is 68.2 Å². The Balaban J connectivity index is 1.65. The molecule has 20 heavy (non-hydrogen) atoms. The molecule has 0 amide bonds. The first-order chi connectivity index (χ1) is 9.69. The summed E-state index contributed by atoms with van der Waals surface area (Å²) in [5.41, 5.74) is 5.56. The number of nitrogens with two attached hydrogens (primary N) is 1.